The number of carbonyl (C=O) groups is 1. The number of likely N-dealkylation sites (N-methyl/N-ethyl adjacent to an activating group) is 1. The smallest absolute Gasteiger partial charge is 0.261 e. The van der Waals surface area contributed by atoms with E-state index in [4.69, 9.17) is 0 Å². The second kappa shape index (κ2) is 7.14. The minimum Gasteiger partial charge on any atom is -0.350 e. The van der Waals surface area contributed by atoms with Crippen molar-refractivity contribution < 1.29 is 4.79 Å². The van der Waals surface area contributed by atoms with Crippen LogP contribution in [0.25, 0.3) is 16.0 Å². The van der Waals surface area contributed by atoms with Gasteiger partial charge in [-0.25, -0.2) is 4.98 Å². The molecule has 3 aromatic rings. The lowest BCUT2D eigenvalue weighted by Crippen LogP contribution is -2.46. The average molecular weight is 371 g/mol. The van der Waals surface area contributed by atoms with Gasteiger partial charge in [-0.15, -0.1) is 0 Å². The lowest BCUT2D eigenvalue weighted by molar-refractivity contribution is 0.0944. The van der Waals surface area contributed by atoms with Gasteiger partial charge in [0.15, 0.2) is 4.96 Å². The van der Waals surface area contributed by atoms with Gasteiger partial charge in [-0.05, 0) is 19.2 Å². The number of amides is 1. The predicted molar refractivity (Wildman–Crippen MR) is 103 cm³/mol. The van der Waals surface area contributed by atoms with Crippen LogP contribution in [-0.2, 0) is 0 Å². The third-order valence-corrected chi connectivity index (χ3v) is 5.72. The fourth-order valence-electron chi connectivity index (χ4n) is 3.19. The number of para-hydroxylation sites is 2. The molecule has 1 N–H and O–H groups in total. The lowest BCUT2D eigenvalue weighted by atomic mass is 10.3. The minimum atomic E-state index is -0.225. The van der Waals surface area contributed by atoms with Gasteiger partial charge in [-0.3, -0.25) is 18.9 Å². The first-order valence-corrected chi connectivity index (χ1v) is 9.54. The Kier molecular flexibility index (Phi) is 4.71. The Morgan fingerprint density at radius 2 is 2.00 bits per heavy atom. The van der Waals surface area contributed by atoms with Gasteiger partial charge in [0.25, 0.3) is 11.5 Å². The zero-order valence-corrected chi connectivity index (χ0v) is 15.5. The van der Waals surface area contributed by atoms with Crippen LogP contribution >= 0.6 is 11.3 Å². The monoisotopic (exact) mass is 371 g/mol. The largest absolute Gasteiger partial charge is 0.350 e. The van der Waals surface area contributed by atoms with E-state index in [1.807, 2.05) is 24.3 Å². The molecular weight excluding hydrogens is 350 g/mol. The Labute approximate surface area is 154 Å². The van der Waals surface area contributed by atoms with Gasteiger partial charge in [0.05, 0.1) is 11.0 Å². The Morgan fingerprint density at radius 1 is 1.23 bits per heavy atom. The van der Waals surface area contributed by atoms with E-state index < -0.39 is 0 Å². The van der Waals surface area contributed by atoms with Crippen molar-refractivity contribution in [2.75, 3.05) is 46.3 Å². The van der Waals surface area contributed by atoms with Crippen LogP contribution in [-0.4, -0.2) is 71.4 Å². The molecule has 8 heteroatoms. The summed E-state index contributed by atoms with van der Waals surface area (Å²) in [4.78, 5) is 35.0. The molecule has 2 aromatic heterocycles. The highest BCUT2D eigenvalue weighted by molar-refractivity contribution is 7.18. The summed E-state index contributed by atoms with van der Waals surface area (Å²) in [6.45, 7) is 5.55. The van der Waals surface area contributed by atoms with E-state index >= 15 is 0 Å². The molecule has 26 heavy (non-hydrogen) atoms. The highest BCUT2D eigenvalue weighted by Gasteiger charge is 2.16. The Bertz CT molecular complexity index is 1000. The molecular formula is C18H21N5O2S. The van der Waals surface area contributed by atoms with Crippen LogP contribution in [0.3, 0.4) is 0 Å². The van der Waals surface area contributed by atoms with E-state index in [1.165, 1.54) is 17.4 Å². The summed E-state index contributed by atoms with van der Waals surface area (Å²) in [6, 6.07) is 8.88. The summed E-state index contributed by atoms with van der Waals surface area (Å²) >= 11 is 1.24. The maximum Gasteiger partial charge on any atom is 0.261 e. The molecule has 3 heterocycles. The van der Waals surface area contributed by atoms with Crippen LogP contribution in [0.5, 0.6) is 0 Å². The van der Waals surface area contributed by atoms with Crippen molar-refractivity contribution in [1.82, 2.24) is 24.5 Å². The molecule has 136 valence electrons. The van der Waals surface area contributed by atoms with Crippen molar-refractivity contribution in [3.05, 3.63) is 45.6 Å². The minimum absolute atomic E-state index is 0.212. The van der Waals surface area contributed by atoms with Crippen LogP contribution in [0.2, 0.25) is 0 Å². The summed E-state index contributed by atoms with van der Waals surface area (Å²) in [6.07, 6.45) is 0. The molecule has 0 atom stereocenters. The second-order valence-electron chi connectivity index (χ2n) is 6.57. The number of carbonyl (C=O) groups excluding carboxylic acids is 1. The van der Waals surface area contributed by atoms with Gasteiger partial charge in [0.2, 0.25) is 0 Å². The van der Waals surface area contributed by atoms with Gasteiger partial charge in [0.1, 0.15) is 4.88 Å². The molecule has 0 spiro atoms. The molecule has 1 aliphatic rings. The van der Waals surface area contributed by atoms with E-state index in [9.17, 15) is 9.59 Å². The Balaban J connectivity index is 1.47. The summed E-state index contributed by atoms with van der Waals surface area (Å²) in [5, 5.41) is 2.92. The summed E-state index contributed by atoms with van der Waals surface area (Å²) in [5.41, 5.74) is 1.30. The Hall–Kier alpha value is -2.29. The van der Waals surface area contributed by atoms with Crippen molar-refractivity contribution in [1.29, 1.82) is 0 Å². The van der Waals surface area contributed by atoms with Gasteiger partial charge >= 0.3 is 0 Å². The molecule has 1 fully saturated rings. The van der Waals surface area contributed by atoms with E-state index in [-0.39, 0.29) is 11.5 Å². The van der Waals surface area contributed by atoms with Gasteiger partial charge < -0.3 is 10.2 Å². The van der Waals surface area contributed by atoms with Crippen LogP contribution in [0, 0.1) is 0 Å². The number of benzene rings is 1. The predicted octanol–water partition coefficient (Wildman–Crippen LogP) is 0.886. The van der Waals surface area contributed by atoms with E-state index in [2.05, 4.69) is 27.1 Å². The maximum absolute atomic E-state index is 12.5. The van der Waals surface area contributed by atoms with E-state index in [1.54, 1.807) is 4.40 Å². The number of nitrogens with one attached hydrogen (secondary N) is 1. The quantitative estimate of drug-likeness (QED) is 0.738. The number of fused-ring (bicyclic) bond motifs is 3. The zero-order chi connectivity index (χ0) is 18.1. The van der Waals surface area contributed by atoms with Crippen molar-refractivity contribution in [2.24, 2.45) is 0 Å². The van der Waals surface area contributed by atoms with Crippen LogP contribution < -0.4 is 10.9 Å². The van der Waals surface area contributed by atoms with Crippen LogP contribution in [0.1, 0.15) is 9.67 Å². The zero-order valence-electron chi connectivity index (χ0n) is 14.6. The number of hydrogen-bond acceptors (Lipinski definition) is 6. The first kappa shape index (κ1) is 17.1. The molecule has 7 nitrogen and oxygen atoms in total. The number of piperazine rings is 1. The molecule has 0 radical (unpaired) electrons. The molecule has 0 unspecified atom stereocenters. The maximum atomic E-state index is 12.5. The van der Waals surface area contributed by atoms with Crippen molar-refractivity contribution in [3.8, 4) is 0 Å². The van der Waals surface area contributed by atoms with Gasteiger partial charge in [0, 0.05) is 45.3 Å². The average Bonchev–Trinajstić information content (AvgIpc) is 3.02. The number of hydrogen-bond donors (Lipinski definition) is 1. The second-order valence-corrected chi connectivity index (χ2v) is 7.58. The lowest BCUT2D eigenvalue weighted by Gasteiger charge is -2.32. The molecule has 1 amide bonds. The highest BCUT2D eigenvalue weighted by atomic mass is 32.1. The standard InChI is InChI=1S/C18H21N5O2S/c1-21-8-10-22(11-9-21)7-6-19-17(25)15-12-16(24)23-14-5-3-2-4-13(14)20-18(23)26-15/h2-5,12H,6-11H2,1H3,(H,19,25). The fourth-order valence-corrected chi connectivity index (χ4v) is 4.13. The van der Waals surface area contributed by atoms with Crippen molar-refractivity contribution in [3.63, 3.8) is 0 Å². The summed E-state index contributed by atoms with van der Waals surface area (Å²) in [7, 11) is 2.12. The molecule has 1 aromatic carbocycles. The normalized spacial score (nSPS) is 16.3. The summed E-state index contributed by atoms with van der Waals surface area (Å²) in [5.74, 6) is -0.212. The molecule has 0 bridgehead atoms. The Morgan fingerprint density at radius 3 is 2.81 bits per heavy atom. The third kappa shape index (κ3) is 3.35. The number of nitrogens with zero attached hydrogens (tertiary/aromatic N) is 4. The van der Waals surface area contributed by atoms with Crippen molar-refractivity contribution >= 4 is 33.2 Å². The topological polar surface area (TPSA) is 70.0 Å². The summed E-state index contributed by atoms with van der Waals surface area (Å²) < 4.78 is 1.56. The van der Waals surface area contributed by atoms with Gasteiger partial charge in [-0.2, -0.15) is 0 Å². The first-order chi connectivity index (χ1) is 12.6. The molecule has 4 rings (SSSR count). The SMILES string of the molecule is CN1CCN(CCNC(=O)c2cc(=O)n3c(nc4ccccc43)s2)CC1. The number of rotatable bonds is 4. The first-order valence-electron chi connectivity index (χ1n) is 8.72. The van der Waals surface area contributed by atoms with Crippen molar-refractivity contribution in [2.45, 2.75) is 0 Å². The number of imidazole rings is 1. The van der Waals surface area contributed by atoms with E-state index in [0.717, 1.165) is 43.8 Å². The molecule has 0 aliphatic carbocycles. The van der Waals surface area contributed by atoms with Crippen LogP contribution in [0.4, 0.5) is 0 Å². The number of aromatic nitrogens is 2. The van der Waals surface area contributed by atoms with Crippen LogP contribution in [0.15, 0.2) is 35.1 Å². The molecule has 0 saturated carbocycles. The van der Waals surface area contributed by atoms with E-state index in [0.29, 0.717) is 16.4 Å². The third-order valence-electron chi connectivity index (χ3n) is 4.74. The molecule has 1 aliphatic heterocycles. The van der Waals surface area contributed by atoms with Gasteiger partial charge in [-0.1, -0.05) is 23.5 Å². The highest BCUT2D eigenvalue weighted by Crippen LogP contribution is 2.19. The molecule has 1 saturated heterocycles. The fraction of sp³-hybridized carbons (Fsp3) is 0.389.